The van der Waals surface area contributed by atoms with Gasteiger partial charge in [-0.1, -0.05) is 60.7 Å². The minimum absolute atomic E-state index is 0.00424. The van der Waals surface area contributed by atoms with Crippen LogP contribution < -0.4 is 10.9 Å². The minimum atomic E-state index is -1.23. The van der Waals surface area contributed by atoms with E-state index in [0.29, 0.717) is 11.3 Å². The largest absolute Gasteiger partial charge is 0.384 e. The van der Waals surface area contributed by atoms with Gasteiger partial charge in [-0.15, -0.1) is 0 Å². The summed E-state index contributed by atoms with van der Waals surface area (Å²) in [4.78, 5) is 27.3. The fourth-order valence-corrected chi connectivity index (χ4v) is 2.69. The van der Waals surface area contributed by atoms with Crippen LogP contribution in [0.2, 0.25) is 0 Å². The maximum absolute atomic E-state index is 12.3. The van der Waals surface area contributed by atoms with Crippen molar-refractivity contribution in [1.29, 1.82) is 0 Å². The van der Waals surface area contributed by atoms with Crippen molar-refractivity contribution in [3.63, 3.8) is 0 Å². The summed E-state index contributed by atoms with van der Waals surface area (Å²) in [5, 5.41) is 13.2. The highest BCUT2D eigenvalue weighted by Crippen LogP contribution is 2.19. The van der Waals surface area contributed by atoms with Gasteiger partial charge in [0.15, 0.2) is 0 Å². The number of hydrogen-bond donors (Lipinski definition) is 3. The van der Waals surface area contributed by atoms with E-state index < -0.39 is 17.1 Å². The van der Waals surface area contributed by atoms with E-state index >= 15 is 0 Å². The van der Waals surface area contributed by atoms with E-state index in [-0.39, 0.29) is 12.1 Å². The molecule has 1 unspecified atom stereocenters. The van der Waals surface area contributed by atoms with E-state index in [1.54, 1.807) is 25.1 Å². The lowest BCUT2D eigenvalue weighted by Crippen LogP contribution is -2.40. The Labute approximate surface area is 151 Å². The number of amides is 1. The molecule has 2 aromatic carbocycles. The van der Waals surface area contributed by atoms with Crippen molar-refractivity contribution in [2.75, 3.05) is 6.54 Å². The zero-order valence-corrected chi connectivity index (χ0v) is 14.4. The quantitative estimate of drug-likeness (QED) is 0.663. The molecule has 1 amide bonds. The fourth-order valence-electron chi connectivity index (χ4n) is 2.69. The predicted octanol–water partition coefficient (Wildman–Crippen LogP) is 2.68. The first kappa shape index (κ1) is 17.6. The van der Waals surface area contributed by atoms with Gasteiger partial charge in [-0.3, -0.25) is 9.59 Å². The Hall–Kier alpha value is -3.18. The van der Waals surface area contributed by atoms with Crippen molar-refractivity contribution < 1.29 is 9.90 Å². The third kappa shape index (κ3) is 3.90. The summed E-state index contributed by atoms with van der Waals surface area (Å²) in [6, 6.07) is 21.6. The summed E-state index contributed by atoms with van der Waals surface area (Å²) >= 11 is 0. The molecular weight excluding hydrogens is 328 g/mol. The van der Waals surface area contributed by atoms with Gasteiger partial charge in [-0.05, 0) is 30.2 Å². The average molecular weight is 348 g/mol. The van der Waals surface area contributed by atoms with Gasteiger partial charge in [0.1, 0.15) is 11.2 Å². The van der Waals surface area contributed by atoms with Crippen LogP contribution in [-0.2, 0) is 5.60 Å². The van der Waals surface area contributed by atoms with Gasteiger partial charge in [-0.2, -0.15) is 0 Å². The molecule has 1 atom stereocenters. The normalized spacial score (nSPS) is 13.0. The molecule has 3 aromatic rings. The fraction of sp³-hybridized carbons (Fsp3) is 0.143. The van der Waals surface area contributed by atoms with Gasteiger partial charge in [-0.25, -0.2) is 0 Å². The topological polar surface area (TPSA) is 82.2 Å². The van der Waals surface area contributed by atoms with Crippen molar-refractivity contribution in [3.05, 3.63) is 94.3 Å². The second-order valence-electron chi connectivity index (χ2n) is 6.30. The van der Waals surface area contributed by atoms with Gasteiger partial charge in [0.2, 0.25) is 0 Å². The second-order valence-corrected chi connectivity index (χ2v) is 6.30. The molecule has 5 nitrogen and oxygen atoms in total. The van der Waals surface area contributed by atoms with Crippen LogP contribution in [0.15, 0.2) is 77.6 Å². The molecule has 0 radical (unpaired) electrons. The summed E-state index contributed by atoms with van der Waals surface area (Å²) in [7, 11) is 0. The third-order valence-electron chi connectivity index (χ3n) is 4.23. The maximum atomic E-state index is 12.3. The van der Waals surface area contributed by atoms with Crippen LogP contribution in [0.1, 0.15) is 22.8 Å². The number of aromatic nitrogens is 1. The number of rotatable bonds is 5. The van der Waals surface area contributed by atoms with Crippen LogP contribution in [0.5, 0.6) is 0 Å². The van der Waals surface area contributed by atoms with Crippen LogP contribution in [0.3, 0.4) is 0 Å². The Morgan fingerprint density at radius 2 is 1.62 bits per heavy atom. The average Bonchev–Trinajstić information content (AvgIpc) is 2.67. The summed E-state index contributed by atoms with van der Waals surface area (Å²) < 4.78 is 0. The van der Waals surface area contributed by atoms with Crippen molar-refractivity contribution in [3.8, 4) is 11.3 Å². The molecule has 0 spiro atoms. The minimum Gasteiger partial charge on any atom is -0.384 e. The van der Waals surface area contributed by atoms with E-state index in [4.69, 9.17) is 0 Å². The Morgan fingerprint density at radius 3 is 2.23 bits per heavy atom. The molecule has 0 bridgehead atoms. The Kier molecular flexibility index (Phi) is 5.00. The molecule has 0 aliphatic carbocycles. The standard InChI is InChI=1S/C21H20N2O3/c1-21(26,16-10-6-3-7-11-16)14-22-19(24)17-12-13-18(23-20(17)25)15-8-4-2-5-9-15/h2-13,26H,14H2,1H3,(H,22,24)(H,23,25). The van der Waals surface area contributed by atoms with Gasteiger partial charge < -0.3 is 15.4 Å². The van der Waals surface area contributed by atoms with Crippen LogP contribution in [0.25, 0.3) is 11.3 Å². The predicted molar refractivity (Wildman–Crippen MR) is 101 cm³/mol. The molecule has 3 rings (SSSR count). The lowest BCUT2D eigenvalue weighted by atomic mass is 9.96. The van der Waals surface area contributed by atoms with Crippen LogP contribution in [0, 0.1) is 0 Å². The van der Waals surface area contributed by atoms with E-state index in [2.05, 4.69) is 10.3 Å². The van der Waals surface area contributed by atoms with Crippen LogP contribution >= 0.6 is 0 Å². The molecule has 0 saturated carbocycles. The van der Waals surface area contributed by atoms with Gasteiger partial charge in [0.25, 0.3) is 11.5 Å². The summed E-state index contributed by atoms with van der Waals surface area (Å²) in [5.74, 6) is -0.526. The SMILES string of the molecule is CC(O)(CNC(=O)c1ccc(-c2ccccc2)[nH]c1=O)c1ccccc1. The van der Waals surface area contributed by atoms with E-state index in [1.165, 1.54) is 6.07 Å². The first-order valence-corrected chi connectivity index (χ1v) is 8.32. The van der Waals surface area contributed by atoms with Crippen LogP contribution in [-0.4, -0.2) is 22.5 Å². The van der Waals surface area contributed by atoms with Crippen molar-refractivity contribution in [2.45, 2.75) is 12.5 Å². The second kappa shape index (κ2) is 7.37. The number of nitrogens with one attached hydrogen (secondary N) is 2. The van der Waals surface area contributed by atoms with Crippen molar-refractivity contribution in [1.82, 2.24) is 10.3 Å². The number of benzene rings is 2. The Bertz CT molecular complexity index is 948. The third-order valence-corrected chi connectivity index (χ3v) is 4.23. The lowest BCUT2D eigenvalue weighted by Gasteiger charge is -2.24. The first-order chi connectivity index (χ1) is 12.5. The highest BCUT2D eigenvalue weighted by Gasteiger charge is 2.24. The molecule has 1 heterocycles. The zero-order valence-electron chi connectivity index (χ0n) is 14.4. The number of aliphatic hydroxyl groups is 1. The Balaban J connectivity index is 1.73. The summed E-state index contributed by atoms with van der Waals surface area (Å²) in [6.45, 7) is 1.61. The summed E-state index contributed by atoms with van der Waals surface area (Å²) in [5.41, 5.74) is 0.505. The number of hydrogen-bond acceptors (Lipinski definition) is 3. The molecule has 132 valence electrons. The van der Waals surface area contributed by atoms with E-state index in [0.717, 1.165) is 5.56 Å². The van der Waals surface area contributed by atoms with Crippen molar-refractivity contribution in [2.24, 2.45) is 0 Å². The molecular formula is C21H20N2O3. The van der Waals surface area contributed by atoms with E-state index in [9.17, 15) is 14.7 Å². The zero-order chi connectivity index (χ0) is 18.6. The summed E-state index contributed by atoms with van der Waals surface area (Å²) in [6.07, 6.45) is 0. The molecule has 0 aliphatic rings. The number of aromatic amines is 1. The smallest absolute Gasteiger partial charge is 0.261 e. The molecule has 3 N–H and O–H groups in total. The van der Waals surface area contributed by atoms with Gasteiger partial charge >= 0.3 is 0 Å². The number of H-pyrrole nitrogens is 1. The molecule has 0 saturated heterocycles. The number of carbonyl (C=O) groups is 1. The highest BCUT2D eigenvalue weighted by molar-refractivity contribution is 5.94. The monoisotopic (exact) mass is 348 g/mol. The molecule has 0 fully saturated rings. The van der Waals surface area contributed by atoms with E-state index in [1.807, 2.05) is 48.5 Å². The van der Waals surface area contributed by atoms with Crippen molar-refractivity contribution >= 4 is 5.91 Å². The lowest BCUT2D eigenvalue weighted by molar-refractivity contribution is 0.0526. The van der Waals surface area contributed by atoms with Gasteiger partial charge in [0, 0.05) is 5.69 Å². The molecule has 0 aliphatic heterocycles. The number of carbonyl (C=O) groups excluding carboxylic acids is 1. The van der Waals surface area contributed by atoms with Gasteiger partial charge in [0.05, 0.1) is 6.54 Å². The first-order valence-electron chi connectivity index (χ1n) is 8.32. The maximum Gasteiger partial charge on any atom is 0.261 e. The van der Waals surface area contributed by atoms with Crippen LogP contribution in [0.4, 0.5) is 0 Å². The Morgan fingerprint density at radius 1 is 1.00 bits per heavy atom. The molecule has 5 heteroatoms. The highest BCUT2D eigenvalue weighted by atomic mass is 16.3. The molecule has 1 aromatic heterocycles. The molecule has 26 heavy (non-hydrogen) atoms. The number of pyridine rings is 1.